The number of rotatable bonds is 11. The van der Waals surface area contributed by atoms with Gasteiger partial charge >= 0.3 is 0 Å². The van der Waals surface area contributed by atoms with E-state index in [2.05, 4.69) is 10.5 Å². The van der Waals surface area contributed by atoms with Crippen molar-refractivity contribution < 1.29 is 32.2 Å². The minimum Gasteiger partial charge on any atom is -0.493 e. The van der Waals surface area contributed by atoms with Crippen LogP contribution in [0.25, 0.3) is 0 Å². The Morgan fingerprint density at radius 3 is 2.00 bits per heavy atom. The van der Waals surface area contributed by atoms with Crippen molar-refractivity contribution in [2.75, 3.05) is 39.3 Å². The first-order valence-electron chi connectivity index (χ1n) is 11.1. The van der Waals surface area contributed by atoms with Crippen LogP contribution in [0.2, 0.25) is 0 Å². The van der Waals surface area contributed by atoms with Gasteiger partial charge in [-0.25, -0.2) is 13.8 Å². The smallest absolute Gasteiger partial charge is 0.264 e. The number of hydrazone groups is 1. The standard InChI is InChI=1S/C26H29N3O7S/c1-18-6-10-21(11-7-18)37(31,32)29(20-9-13-23(34-3)25(15-20)36-5)17-26(30)28-27-16-19-8-12-22(33-2)24(14-19)35-4/h6-16H,17H2,1-5H3,(H,28,30)/b27-16-. The van der Waals surface area contributed by atoms with Crippen LogP contribution in [0.15, 0.2) is 70.7 Å². The molecular weight excluding hydrogens is 498 g/mol. The number of anilines is 1. The topological polar surface area (TPSA) is 116 Å². The number of benzene rings is 3. The highest BCUT2D eigenvalue weighted by Gasteiger charge is 2.28. The lowest BCUT2D eigenvalue weighted by Gasteiger charge is -2.24. The first-order chi connectivity index (χ1) is 17.7. The largest absolute Gasteiger partial charge is 0.493 e. The summed E-state index contributed by atoms with van der Waals surface area (Å²) in [7, 11) is 1.84. The van der Waals surface area contributed by atoms with Crippen molar-refractivity contribution in [3.8, 4) is 23.0 Å². The molecule has 0 saturated carbocycles. The quantitative estimate of drug-likeness (QED) is 0.300. The van der Waals surface area contributed by atoms with E-state index in [1.54, 1.807) is 36.4 Å². The van der Waals surface area contributed by atoms with Crippen molar-refractivity contribution >= 4 is 27.8 Å². The summed E-state index contributed by atoms with van der Waals surface area (Å²) in [5, 5.41) is 3.96. The number of carbonyl (C=O) groups is 1. The number of hydrogen-bond acceptors (Lipinski definition) is 8. The van der Waals surface area contributed by atoms with Crippen LogP contribution in [0.1, 0.15) is 11.1 Å². The number of nitrogens with one attached hydrogen (secondary N) is 1. The summed E-state index contributed by atoms with van der Waals surface area (Å²) in [6.45, 7) is 1.32. The van der Waals surface area contributed by atoms with E-state index in [0.29, 0.717) is 28.6 Å². The molecule has 0 aliphatic heterocycles. The molecule has 0 saturated heterocycles. The third-order valence-electron chi connectivity index (χ3n) is 5.36. The number of methoxy groups -OCH3 is 4. The minimum absolute atomic E-state index is 0.0366. The maximum atomic E-state index is 13.6. The zero-order chi connectivity index (χ0) is 27.0. The van der Waals surface area contributed by atoms with Gasteiger partial charge in [-0.05, 0) is 55.0 Å². The number of sulfonamides is 1. The number of ether oxygens (including phenoxy) is 4. The Hall–Kier alpha value is -4.25. The van der Waals surface area contributed by atoms with Crippen molar-refractivity contribution in [2.45, 2.75) is 11.8 Å². The monoisotopic (exact) mass is 527 g/mol. The average molecular weight is 528 g/mol. The van der Waals surface area contributed by atoms with Gasteiger partial charge in [-0.2, -0.15) is 5.10 Å². The van der Waals surface area contributed by atoms with Crippen molar-refractivity contribution in [1.82, 2.24) is 5.43 Å². The van der Waals surface area contributed by atoms with Gasteiger partial charge in [0.25, 0.3) is 15.9 Å². The molecule has 0 aliphatic carbocycles. The maximum absolute atomic E-state index is 13.6. The van der Waals surface area contributed by atoms with Gasteiger partial charge in [-0.15, -0.1) is 0 Å². The van der Waals surface area contributed by atoms with Crippen LogP contribution in [0.5, 0.6) is 23.0 Å². The van der Waals surface area contributed by atoms with Crippen molar-refractivity contribution in [1.29, 1.82) is 0 Å². The van der Waals surface area contributed by atoms with Crippen LogP contribution in [-0.4, -0.2) is 55.5 Å². The molecule has 0 bridgehead atoms. The fourth-order valence-corrected chi connectivity index (χ4v) is 4.82. The van der Waals surface area contributed by atoms with Gasteiger partial charge in [-0.1, -0.05) is 17.7 Å². The van der Waals surface area contributed by atoms with Gasteiger partial charge in [0, 0.05) is 6.07 Å². The summed E-state index contributed by atoms with van der Waals surface area (Å²) in [6, 6.07) is 16.1. The second-order valence-corrected chi connectivity index (χ2v) is 9.63. The molecule has 0 aliphatic rings. The molecule has 3 rings (SSSR count). The van der Waals surface area contributed by atoms with E-state index in [0.717, 1.165) is 9.87 Å². The number of carbonyl (C=O) groups excluding carboxylic acids is 1. The van der Waals surface area contributed by atoms with E-state index in [4.69, 9.17) is 18.9 Å². The molecule has 1 amide bonds. The molecule has 0 unspecified atom stereocenters. The minimum atomic E-state index is -4.11. The SMILES string of the molecule is COc1ccc(/C=N\NC(=O)CN(c2ccc(OC)c(OC)c2)S(=O)(=O)c2ccc(C)cc2)cc1OC. The molecule has 0 fully saturated rings. The summed E-state index contributed by atoms with van der Waals surface area (Å²) in [4.78, 5) is 12.9. The van der Waals surface area contributed by atoms with Gasteiger partial charge in [-0.3, -0.25) is 9.10 Å². The predicted molar refractivity (Wildman–Crippen MR) is 141 cm³/mol. The Bertz CT molecular complexity index is 1370. The lowest BCUT2D eigenvalue weighted by atomic mass is 10.2. The van der Waals surface area contributed by atoms with Crippen LogP contribution in [-0.2, 0) is 14.8 Å². The molecule has 11 heteroatoms. The lowest BCUT2D eigenvalue weighted by molar-refractivity contribution is -0.119. The fourth-order valence-electron chi connectivity index (χ4n) is 3.41. The Morgan fingerprint density at radius 1 is 0.838 bits per heavy atom. The highest BCUT2D eigenvalue weighted by atomic mass is 32.2. The molecule has 0 radical (unpaired) electrons. The van der Waals surface area contributed by atoms with Crippen LogP contribution in [0, 0.1) is 6.92 Å². The summed E-state index contributed by atoms with van der Waals surface area (Å²) in [6.07, 6.45) is 1.41. The normalized spacial score (nSPS) is 11.2. The summed E-state index contributed by atoms with van der Waals surface area (Å²) in [5.74, 6) is 1.14. The molecule has 0 spiro atoms. The van der Waals surface area contributed by atoms with Gasteiger partial charge in [0.05, 0.1) is 45.2 Å². The van der Waals surface area contributed by atoms with E-state index >= 15 is 0 Å². The van der Waals surface area contributed by atoms with E-state index in [1.165, 1.54) is 58.9 Å². The van der Waals surface area contributed by atoms with E-state index in [-0.39, 0.29) is 10.6 Å². The first kappa shape index (κ1) is 27.3. The maximum Gasteiger partial charge on any atom is 0.264 e. The van der Waals surface area contributed by atoms with E-state index < -0.39 is 22.5 Å². The Morgan fingerprint density at radius 2 is 1.41 bits per heavy atom. The number of hydrogen-bond donors (Lipinski definition) is 1. The predicted octanol–water partition coefficient (Wildman–Crippen LogP) is 3.38. The molecule has 1 N–H and O–H groups in total. The van der Waals surface area contributed by atoms with Crippen LogP contribution < -0.4 is 28.7 Å². The molecule has 0 aromatic heterocycles. The van der Waals surface area contributed by atoms with Crippen LogP contribution in [0.4, 0.5) is 5.69 Å². The van der Waals surface area contributed by atoms with Crippen LogP contribution in [0.3, 0.4) is 0 Å². The highest BCUT2D eigenvalue weighted by molar-refractivity contribution is 7.92. The van der Waals surface area contributed by atoms with Crippen molar-refractivity contribution in [3.05, 3.63) is 71.8 Å². The van der Waals surface area contributed by atoms with Gasteiger partial charge in [0.2, 0.25) is 0 Å². The molecule has 3 aromatic rings. The second-order valence-electron chi connectivity index (χ2n) is 7.77. The van der Waals surface area contributed by atoms with Gasteiger partial charge < -0.3 is 18.9 Å². The molecule has 0 atom stereocenters. The Balaban J connectivity index is 1.88. The number of nitrogens with zero attached hydrogens (tertiary/aromatic N) is 2. The zero-order valence-corrected chi connectivity index (χ0v) is 22.0. The summed E-state index contributed by atoms with van der Waals surface area (Å²) in [5.41, 5.74) is 4.14. The molecule has 196 valence electrons. The Labute approximate surface area is 216 Å². The van der Waals surface area contributed by atoms with Crippen molar-refractivity contribution in [3.63, 3.8) is 0 Å². The molecule has 37 heavy (non-hydrogen) atoms. The van der Waals surface area contributed by atoms with Gasteiger partial charge in [0.1, 0.15) is 6.54 Å². The third kappa shape index (κ3) is 6.50. The number of amides is 1. The van der Waals surface area contributed by atoms with E-state index in [1.807, 2.05) is 6.92 Å². The first-order valence-corrected chi connectivity index (χ1v) is 12.5. The van der Waals surface area contributed by atoms with Gasteiger partial charge in [0.15, 0.2) is 23.0 Å². The molecular formula is C26H29N3O7S. The van der Waals surface area contributed by atoms with E-state index in [9.17, 15) is 13.2 Å². The third-order valence-corrected chi connectivity index (χ3v) is 7.15. The molecule has 10 nitrogen and oxygen atoms in total. The zero-order valence-electron chi connectivity index (χ0n) is 21.2. The summed E-state index contributed by atoms with van der Waals surface area (Å²) >= 11 is 0. The molecule has 0 heterocycles. The van der Waals surface area contributed by atoms with Crippen LogP contribution >= 0.6 is 0 Å². The Kier molecular flexibility index (Phi) is 8.96. The molecule has 3 aromatic carbocycles. The number of aryl methyl sites for hydroxylation is 1. The van der Waals surface area contributed by atoms with Crippen molar-refractivity contribution in [2.24, 2.45) is 5.10 Å². The fraction of sp³-hybridized carbons (Fsp3) is 0.231. The average Bonchev–Trinajstić information content (AvgIpc) is 2.91. The highest BCUT2D eigenvalue weighted by Crippen LogP contribution is 2.34. The lowest BCUT2D eigenvalue weighted by Crippen LogP contribution is -2.39. The summed E-state index contributed by atoms with van der Waals surface area (Å²) < 4.78 is 49.2. The second kappa shape index (κ2) is 12.1.